The van der Waals surface area contributed by atoms with Crippen molar-refractivity contribution in [1.82, 2.24) is 4.98 Å². The van der Waals surface area contributed by atoms with Crippen molar-refractivity contribution in [2.24, 2.45) is 10.7 Å². The molecule has 0 spiro atoms. The van der Waals surface area contributed by atoms with E-state index in [1.54, 1.807) is 12.1 Å². The lowest BCUT2D eigenvalue weighted by Gasteiger charge is -2.30. The van der Waals surface area contributed by atoms with Crippen LogP contribution in [0.3, 0.4) is 0 Å². The molecule has 0 bridgehead atoms. The van der Waals surface area contributed by atoms with Crippen molar-refractivity contribution in [3.05, 3.63) is 53.0 Å². The second-order valence-corrected chi connectivity index (χ2v) is 7.38. The molecule has 132 valence electrons. The molecule has 1 aromatic carbocycles. The largest absolute Gasteiger partial charge is 0.447 e. The van der Waals surface area contributed by atoms with Crippen LogP contribution in [0.4, 0.5) is 4.39 Å². The minimum atomic E-state index is -0.724. The van der Waals surface area contributed by atoms with E-state index in [9.17, 15) is 9.18 Å². The number of halogens is 2. The number of thioether (sulfide) groups is 1. The van der Waals surface area contributed by atoms with Crippen LogP contribution in [-0.2, 0) is 17.8 Å². The summed E-state index contributed by atoms with van der Waals surface area (Å²) in [5, 5.41) is 0.450. The highest BCUT2D eigenvalue weighted by atomic mass is 35.5. The Kier molecular flexibility index (Phi) is 5.15. The average molecular weight is 382 g/mol. The van der Waals surface area contributed by atoms with Crippen molar-refractivity contribution in [1.29, 1.82) is 0 Å². The molecule has 2 aromatic rings. The normalized spacial score (nSPS) is 20.4. The van der Waals surface area contributed by atoms with Crippen LogP contribution in [0.2, 0.25) is 0 Å². The van der Waals surface area contributed by atoms with Gasteiger partial charge in [0.1, 0.15) is 17.8 Å². The number of hydrogen-bond acceptors (Lipinski definition) is 6. The topological polar surface area (TPSA) is 81.5 Å². The maximum Gasteiger partial charge on any atom is 0.209 e. The molecule has 8 heteroatoms. The molecule has 1 aliphatic rings. The minimum absolute atomic E-state index is 0.0889. The molecule has 0 saturated carbocycles. The van der Waals surface area contributed by atoms with Gasteiger partial charge in [0.25, 0.3) is 0 Å². The van der Waals surface area contributed by atoms with Crippen molar-refractivity contribution < 1.29 is 13.6 Å². The van der Waals surface area contributed by atoms with Crippen LogP contribution in [0.15, 0.2) is 33.9 Å². The maximum absolute atomic E-state index is 14.4. The van der Waals surface area contributed by atoms with Crippen LogP contribution in [0.25, 0.3) is 0 Å². The van der Waals surface area contributed by atoms with E-state index in [1.807, 2.05) is 6.92 Å². The predicted octanol–water partition coefficient (Wildman–Crippen LogP) is 3.64. The summed E-state index contributed by atoms with van der Waals surface area (Å²) in [6.07, 6.45) is 2.05. The van der Waals surface area contributed by atoms with Crippen molar-refractivity contribution >= 4 is 34.3 Å². The molecule has 0 radical (unpaired) electrons. The van der Waals surface area contributed by atoms with Crippen LogP contribution in [-0.4, -0.2) is 21.7 Å². The van der Waals surface area contributed by atoms with Gasteiger partial charge in [-0.25, -0.2) is 9.37 Å². The molecule has 0 amide bonds. The smallest absolute Gasteiger partial charge is 0.209 e. The number of hydrogen-bond donors (Lipinski definition) is 1. The monoisotopic (exact) mass is 381 g/mol. The number of aromatic nitrogens is 1. The molecule has 1 aliphatic heterocycles. The molecular formula is C17H17ClFN3O2S. The Morgan fingerprint density at radius 2 is 2.32 bits per heavy atom. The van der Waals surface area contributed by atoms with E-state index in [0.717, 1.165) is 5.75 Å². The fraction of sp³-hybridized carbons (Fsp3) is 0.353. The number of nitrogens with two attached hydrogens (primary N) is 1. The lowest BCUT2D eigenvalue weighted by Crippen LogP contribution is -2.29. The first kappa shape index (κ1) is 17.9. The number of carbonyl (C=O) groups is 1. The Labute approximate surface area is 153 Å². The third-order valence-electron chi connectivity index (χ3n) is 4.12. The van der Waals surface area contributed by atoms with Gasteiger partial charge in [0.05, 0.1) is 11.4 Å². The summed E-state index contributed by atoms with van der Waals surface area (Å²) in [5.74, 6) is 0.595. The molecule has 2 heterocycles. The second-order valence-electron chi connectivity index (χ2n) is 6.00. The van der Waals surface area contributed by atoms with Gasteiger partial charge in [-0.15, -0.1) is 11.6 Å². The van der Waals surface area contributed by atoms with E-state index >= 15 is 0 Å². The van der Waals surface area contributed by atoms with E-state index in [1.165, 1.54) is 24.1 Å². The Balaban J connectivity index is 1.86. The predicted molar refractivity (Wildman–Crippen MR) is 96.5 cm³/mol. The van der Waals surface area contributed by atoms with E-state index in [0.29, 0.717) is 28.6 Å². The Morgan fingerprint density at radius 3 is 3.00 bits per heavy atom. The van der Waals surface area contributed by atoms with Crippen LogP contribution >= 0.6 is 23.4 Å². The average Bonchev–Trinajstić information content (AvgIpc) is 3.05. The maximum atomic E-state index is 14.4. The second kappa shape index (κ2) is 7.17. The Hall–Kier alpha value is -1.86. The number of rotatable bonds is 5. The lowest BCUT2D eigenvalue weighted by molar-refractivity contribution is 0.0988. The SMILES string of the molecule is C[C@@]1(c2cc(CC(=O)c3coc(CCl)n3)ccc2F)CCSC(N)=N1. The zero-order valence-electron chi connectivity index (χ0n) is 13.6. The van der Waals surface area contributed by atoms with Gasteiger partial charge in [-0.3, -0.25) is 9.79 Å². The molecule has 3 rings (SSSR count). The zero-order valence-corrected chi connectivity index (χ0v) is 15.2. The highest BCUT2D eigenvalue weighted by Crippen LogP contribution is 2.36. The molecule has 0 fully saturated rings. The van der Waals surface area contributed by atoms with Crippen molar-refractivity contribution in [2.75, 3.05) is 5.75 Å². The number of Topliss-reactive ketones (excluding diaryl/α,β-unsaturated/α-hetero) is 1. The molecule has 1 aromatic heterocycles. The van der Waals surface area contributed by atoms with Gasteiger partial charge < -0.3 is 10.2 Å². The van der Waals surface area contributed by atoms with Gasteiger partial charge >= 0.3 is 0 Å². The Morgan fingerprint density at radius 1 is 1.52 bits per heavy atom. The summed E-state index contributed by atoms with van der Waals surface area (Å²) in [5.41, 5.74) is 6.44. The van der Waals surface area contributed by atoms with E-state index in [2.05, 4.69) is 9.98 Å². The third kappa shape index (κ3) is 3.88. The summed E-state index contributed by atoms with van der Waals surface area (Å²) < 4.78 is 19.5. The highest BCUT2D eigenvalue weighted by molar-refractivity contribution is 8.13. The van der Waals surface area contributed by atoms with Crippen molar-refractivity contribution in [3.63, 3.8) is 0 Å². The van der Waals surface area contributed by atoms with E-state index in [4.69, 9.17) is 21.8 Å². The molecule has 0 aliphatic carbocycles. The van der Waals surface area contributed by atoms with Crippen LogP contribution in [0.5, 0.6) is 0 Å². The molecule has 2 N–H and O–H groups in total. The number of amidine groups is 1. The summed E-state index contributed by atoms with van der Waals surface area (Å²) in [7, 11) is 0. The quantitative estimate of drug-likeness (QED) is 0.631. The summed E-state index contributed by atoms with van der Waals surface area (Å²) >= 11 is 7.08. The first-order chi connectivity index (χ1) is 11.9. The molecule has 0 saturated heterocycles. The number of ketones is 1. The van der Waals surface area contributed by atoms with Gasteiger partial charge in [0.2, 0.25) is 5.89 Å². The summed E-state index contributed by atoms with van der Waals surface area (Å²) in [6.45, 7) is 1.86. The van der Waals surface area contributed by atoms with Gasteiger partial charge in [-0.05, 0) is 31.0 Å². The molecule has 0 unspecified atom stereocenters. The lowest BCUT2D eigenvalue weighted by atomic mass is 9.87. The van der Waals surface area contributed by atoms with Gasteiger partial charge in [0.15, 0.2) is 11.0 Å². The molecule has 5 nitrogen and oxygen atoms in total. The molecule has 25 heavy (non-hydrogen) atoms. The first-order valence-corrected chi connectivity index (χ1v) is 9.24. The fourth-order valence-electron chi connectivity index (χ4n) is 2.75. The van der Waals surface area contributed by atoms with Crippen LogP contribution < -0.4 is 5.73 Å². The Bertz CT molecular complexity index is 839. The number of aliphatic imine (C=N–C) groups is 1. The first-order valence-electron chi connectivity index (χ1n) is 7.72. The zero-order chi connectivity index (χ0) is 18.0. The van der Waals surface area contributed by atoms with Crippen molar-refractivity contribution in [3.8, 4) is 0 Å². The number of oxazole rings is 1. The number of benzene rings is 1. The van der Waals surface area contributed by atoms with Gasteiger partial charge in [-0.1, -0.05) is 17.8 Å². The fourth-order valence-corrected chi connectivity index (χ4v) is 3.85. The summed E-state index contributed by atoms with van der Waals surface area (Å²) in [6, 6.07) is 4.64. The molecule has 1 atom stereocenters. The highest BCUT2D eigenvalue weighted by Gasteiger charge is 2.32. The van der Waals surface area contributed by atoms with Crippen molar-refractivity contribution in [2.45, 2.75) is 31.2 Å². The van der Waals surface area contributed by atoms with E-state index in [-0.39, 0.29) is 29.6 Å². The third-order valence-corrected chi connectivity index (χ3v) is 5.15. The number of carbonyl (C=O) groups excluding carboxylic acids is 1. The van der Waals surface area contributed by atoms with E-state index < -0.39 is 5.54 Å². The van der Waals surface area contributed by atoms with Crippen LogP contribution in [0, 0.1) is 5.82 Å². The molecular weight excluding hydrogens is 365 g/mol. The number of alkyl halides is 1. The van der Waals surface area contributed by atoms with Gasteiger partial charge in [-0.2, -0.15) is 0 Å². The minimum Gasteiger partial charge on any atom is -0.447 e. The summed E-state index contributed by atoms with van der Waals surface area (Å²) in [4.78, 5) is 20.8. The standard InChI is InChI=1S/C17H17ClFN3O2S/c1-17(4-5-25-16(20)22-17)11-6-10(2-3-12(11)19)7-14(23)13-9-24-15(8-18)21-13/h2-3,6,9H,4-5,7-8H2,1H3,(H2,20,22)/t17-/m0/s1. The number of nitrogens with zero attached hydrogens (tertiary/aromatic N) is 2. The van der Waals surface area contributed by atoms with Gasteiger partial charge in [0, 0.05) is 17.7 Å². The van der Waals surface area contributed by atoms with Crippen LogP contribution in [0.1, 0.15) is 40.9 Å².